The van der Waals surface area contributed by atoms with E-state index in [9.17, 15) is 4.79 Å². The molecule has 0 bridgehead atoms. The summed E-state index contributed by atoms with van der Waals surface area (Å²) >= 11 is 17.1. The maximum Gasteiger partial charge on any atom is 0.253 e. The Balaban J connectivity index is 2.90. The quantitative estimate of drug-likeness (QED) is 0.769. The molecule has 82 valence electrons. The smallest absolute Gasteiger partial charge is 0.253 e. The lowest BCUT2D eigenvalue weighted by Crippen LogP contribution is -2.28. The van der Waals surface area contributed by atoms with Gasteiger partial charge in [0.2, 0.25) is 0 Å². The lowest BCUT2D eigenvalue weighted by molar-refractivity contribution is 0.0803. The number of nitrogens with zero attached hydrogens (tertiary/aromatic N) is 1. The van der Waals surface area contributed by atoms with Crippen LogP contribution in [0.3, 0.4) is 0 Å². The van der Waals surface area contributed by atoms with E-state index in [0.29, 0.717) is 28.0 Å². The molecule has 15 heavy (non-hydrogen) atoms. The molecule has 0 aliphatic carbocycles. The molecule has 0 aliphatic heterocycles. The predicted octanol–water partition coefficient (Wildman–Crippen LogP) is 3.30. The summed E-state index contributed by atoms with van der Waals surface area (Å²) in [4.78, 5) is 13.3. The zero-order valence-electron chi connectivity index (χ0n) is 8.14. The Morgan fingerprint density at radius 2 is 1.80 bits per heavy atom. The van der Waals surface area contributed by atoms with Crippen molar-refractivity contribution in [3.05, 3.63) is 33.8 Å². The van der Waals surface area contributed by atoms with Gasteiger partial charge in [-0.1, -0.05) is 23.2 Å². The van der Waals surface area contributed by atoms with E-state index in [0.717, 1.165) is 0 Å². The third kappa shape index (κ3) is 3.56. The molecule has 0 saturated heterocycles. The Labute approximate surface area is 104 Å². The molecule has 2 nitrogen and oxygen atoms in total. The summed E-state index contributed by atoms with van der Waals surface area (Å²) in [6, 6.07) is 4.75. The molecule has 0 atom stereocenters. The minimum Gasteiger partial charge on any atom is -0.341 e. The van der Waals surface area contributed by atoms with Crippen LogP contribution < -0.4 is 0 Å². The lowest BCUT2D eigenvalue weighted by atomic mass is 10.2. The number of alkyl halides is 1. The zero-order chi connectivity index (χ0) is 11.4. The van der Waals surface area contributed by atoms with Crippen molar-refractivity contribution in [2.24, 2.45) is 0 Å². The van der Waals surface area contributed by atoms with Crippen LogP contribution in [0.15, 0.2) is 18.2 Å². The first-order chi connectivity index (χ1) is 7.04. The Kier molecular flexibility index (Phi) is 4.71. The molecule has 0 heterocycles. The van der Waals surface area contributed by atoms with Crippen LogP contribution in [0.25, 0.3) is 0 Å². The van der Waals surface area contributed by atoms with E-state index in [1.165, 1.54) is 4.90 Å². The topological polar surface area (TPSA) is 20.3 Å². The highest BCUT2D eigenvalue weighted by Crippen LogP contribution is 2.19. The molecule has 0 N–H and O–H groups in total. The van der Waals surface area contributed by atoms with Crippen molar-refractivity contribution < 1.29 is 4.79 Å². The highest BCUT2D eigenvalue weighted by molar-refractivity contribution is 6.35. The molecular weight excluding hydrogens is 256 g/mol. The first-order valence-corrected chi connectivity index (χ1v) is 5.61. The van der Waals surface area contributed by atoms with E-state index in [1.807, 2.05) is 0 Å². The standard InChI is InChI=1S/C10H10Cl3NO/c1-14(3-2-11)10(15)7-4-8(12)6-9(13)5-7/h4-6H,2-3H2,1H3. The van der Waals surface area contributed by atoms with Crippen LogP contribution in [-0.2, 0) is 0 Å². The maximum atomic E-state index is 11.8. The zero-order valence-corrected chi connectivity index (χ0v) is 10.4. The van der Waals surface area contributed by atoms with Gasteiger partial charge in [-0.15, -0.1) is 11.6 Å². The largest absolute Gasteiger partial charge is 0.341 e. The fourth-order valence-electron chi connectivity index (χ4n) is 1.13. The van der Waals surface area contributed by atoms with Crippen LogP contribution in [0.4, 0.5) is 0 Å². The summed E-state index contributed by atoms with van der Waals surface area (Å²) in [5.74, 6) is 0.261. The van der Waals surface area contributed by atoms with Gasteiger partial charge in [-0.25, -0.2) is 0 Å². The van der Waals surface area contributed by atoms with Crippen molar-refractivity contribution in [1.29, 1.82) is 0 Å². The molecule has 1 rings (SSSR count). The summed E-state index contributed by atoms with van der Waals surface area (Å²) in [5.41, 5.74) is 0.472. The molecule has 0 fully saturated rings. The third-order valence-corrected chi connectivity index (χ3v) is 2.48. The average molecular weight is 267 g/mol. The Morgan fingerprint density at radius 3 is 2.27 bits per heavy atom. The minimum atomic E-state index is -0.139. The average Bonchev–Trinajstić information content (AvgIpc) is 2.15. The van der Waals surface area contributed by atoms with Crippen molar-refractivity contribution >= 4 is 40.7 Å². The number of rotatable bonds is 3. The van der Waals surface area contributed by atoms with Gasteiger partial charge in [-0.3, -0.25) is 4.79 Å². The van der Waals surface area contributed by atoms with Gasteiger partial charge in [0, 0.05) is 35.1 Å². The normalized spacial score (nSPS) is 10.1. The molecule has 1 aromatic rings. The highest BCUT2D eigenvalue weighted by atomic mass is 35.5. The molecule has 1 aromatic carbocycles. The summed E-state index contributed by atoms with van der Waals surface area (Å²) in [6.07, 6.45) is 0. The molecule has 0 aliphatic rings. The molecule has 5 heteroatoms. The Hall–Kier alpha value is -0.440. The number of amides is 1. The Morgan fingerprint density at radius 1 is 1.27 bits per heavy atom. The van der Waals surface area contributed by atoms with Gasteiger partial charge < -0.3 is 4.90 Å². The van der Waals surface area contributed by atoms with Gasteiger partial charge >= 0.3 is 0 Å². The van der Waals surface area contributed by atoms with Crippen molar-refractivity contribution in [1.82, 2.24) is 4.90 Å². The van der Waals surface area contributed by atoms with Crippen LogP contribution in [-0.4, -0.2) is 30.3 Å². The monoisotopic (exact) mass is 265 g/mol. The number of hydrogen-bond acceptors (Lipinski definition) is 1. The number of carbonyl (C=O) groups is 1. The van der Waals surface area contributed by atoms with Crippen molar-refractivity contribution in [3.8, 4) is 0 Å². The third-order valence-electron chi connectivity index (χ3n) is 1.88. The number of carbonyl (C=O) groups excluding carboxylic acids is 1. The van der Waals surface area contributed by atoms with Gasteiger partial charge in [0.25, 0.3) is 5.91 Å². The molecule has 0 unspecified atom stereocenters. The Bertz CT molecular complexity index is 347. The van der Waals surface area contributed by atoms with Crippen molar-refractivity contribution in [2.75, 3.05) is 19.5 Å². The lowest BCUT2D eigenvalue weighted by Gasteiger charge is -2.15. The highest BCUT2D eigenvalue weighted by Gasteiger charge is 2.12. The van der Waals surface area contributed by atoms with E-state index >= 15 is 0 Å². The second-order valence-corrected chi connectivity index (χ2v) is 4.32. The molecule has 1 amide bonds. The summed E-state index contributed by atoms with van der Waals surface area (Å²) in [5, 5.41) is 0.898. The van der Waals surface area contributed by atoms with Gasteiger partial charge in [0.1, 0.15) is 0 Å². The van der Waals surface area contributed by atoms with E-state index in [2.05, 4.69) is 0 Å². The van der Waals surface area contributed by atoms with Crippen LogP contribution in [0, 0.1) is 0 Å². The van der Waals surface area contributed by atoms with E-state index in [1.54, 1.807) is 25.2 Å². The van der Waals surface area contributed by atoms with E-state index < -0.39 is 0 Å². The first kappa shape index (κ1) is 12.6. The fourth-order valence-corrected chi connectivity index (χ4v) is 1.91. The van der Waals surface area contributed by atoms with Crippen LogP contribution in [0.2, 0.25) is 10.0 Å². The molecule has 0 spiro atoms. The predicted molar refractivity (Wildman–Crippen MR) is 64.1 cm³/mol. The molecule has 0 saturated carbocycles. The van der Waals surface area contributed by atoms with Crippen molar-refractivity contribution in [2.45, 2.75) is 0 Å². The SMILES string of the molecule is CN(CCCl)C(=O)c1cc(Cl)cc(Cl)c1. The fraction of sp³-hybridized carbons (Fsp3) is 0.300. The van der Waals surface area contributed by atoms with E-state index in [-0.39, 0.29) is 5.91 Å². The second kappa shape index (κ2) is 5.59. The number of benzene rings is 1. The van der Waals surface area contributed by atoms with Crippen LogP contribution in [0.1, 0.15) is 10.4 Å². The summed E-state index contributed by atoms with van der Waals surface area (Å²) < 4.78 is 0. The second-order valence-electron chi connectivity index (χ2n) is 3.07. The van der Waals surface area contributed by atoms with Gasteiger partial charge in [0.05, 0.1) is 0 Å². The number of hydrogen-bond donors (Lipinski definition) is 0. The summed E-state index contributed by atoms with van der Waals surface area (Å²) in [6.45, 7) is 0.491. The van der Waals surface area contributed by atoms with E-state index in [4.69, 9.17) is 34.8 Å². The summed E-state index contributed by atoms with van der Waals surface area (Å²) in [7, 11) is 1.68. The van der Waals surface area contributed by atoms with Gasteiger partial charge in [-0.2, -0.15) is 0 Å². The molecular formula is C10H10Cl3NO. The maximum absolute atomic E-state index is 11.8. The van der Waals surface area contributed by atoms with Crippen molar-refractivity contribution in [3.63, 3.8) is 0 Å². The molecule has 0 radical (unpaired) electrons. The van der Waals surface area contributed by atoms with Gasteiger partial charge in [0.15, 0.2) is 0 Å². The number of halogens is 3. The van der Waals surface area contributed by atoms with Crippen LogP contribution in [0.5, 0.6) is 0 Å². The first-order valence-electron chi connectivity index (χ1n) is 4.32. The van der Waals surface area contributed by atoms with Gasteiger partial charge in [-0.05, 0) is 18.2 Å². The minimum absolute atomic E-state index is 0.139. The van der Waals surface area contributed by atoms with Crippen LogP contribution >= 0.6 is 34.8 Å². The molecule has 0 aromatic heterocycles.